The Labute approximate surface area is 138 Å². The van der Waals surface area contributed by atoms with Gasteiger partial charge in [-0.1, -0.05) is 43.2 Å². The molecule has 4 atom stereocenters. The van der Waals surface area contributed by atoms with Crippen molar-refractivity contribution in [2.45, 2.75) is 56.3 Å². The first kappa shape index (κ1) is 16.3. The van der Waals surface area contributed by atoms with Gasteiger partial charge in [0.05, 0.1) is 24.2 Å². The van der Waals surface area contributed by atoms with Crippen LogP contribution in [0.15, 0.2) is 30.3 Å². The number of likely N-dealkylation sites (N-methyl/N-ethyl adjacent to an activating group) is 1. The highest BCUT2D eigenvalue weighted by atomic mass is 16.3. The maximum absolute atomic E-state index is 12.3. The van der Waals surface area contributed by atoms with E-state index in [1.165, 1.54) is 5.56 Å². The van der Waals surface area contributed by atoms with Gasteiger partial charge in [0, 0.05) is 6.54 Å². The third kappa shape index (κ3) is 3.85. The number of urea groups is 1. The number of benzene rings is 1. The Hall–Kier alpha value is -1.59. The van der Waals surface area contributed by atoms with E-state index >= 15 is 0 Å². The van der Waals surface area contributed by atoms with E-state index < -0.39 is 6.10 Å². The van der Waals surface area contributed by atoms with Crippen LogP contribution < -0.4 is 10.6 Å². The lowest BCUT2D eigenvalue weighted by Crippen LogP contribution is -2.52. The number of nitrogens with one attached hydrogen (secondary N) is 2. The summed E-state index contributed by atoms with van der Waals surface area (Å²) in [4.78, 5) is 14.6. The number of amides is 2. The summed E-state index contributed by atoms with van der Waals surface area (Å²) in [5.74, 6) is 0. The summed E-state index contributed by atoms with van der Waals surface area (Å²) in [7, 11) is 2.10. The second-order valence-corrected chi connectivity index (χ2v) is 6.81. The van der Waals surface area contributed by atoms with Crippen LogP contribution >= 0.6 is 0 Å². The molecule has 126 valence electrons. The Morgan fingerprint density at radius 2 is 1.78 bits per heavy atom. The molecule has 23 heavy (non-hydrogen) atoms. The molecule has 0 unspecified atom stereocenters. The SMILES string of the molecule is CN1CC[C@H](NC(=O)N[C@@H]2CCCC[C@H]2O)[C@@H]1c1ccccc1. The molecule has 1 aromatic carbocycles. The topological polar surface area (TPSA) is 64.6 Å². The van der Waals surface area contributed by atoms with Gasteiger partial charge in [-0.3, -0.25) is 4.90 Å². The minimum Gasteiger partial charge on any atom is -0.391 e. The van der Waals surface area contributed by atoms with Crippen LogP contribution in [-0.2, 0) is 0 Å². The molecule has 1 saturated heterocycles. The fourth-order valence-corrected chi connectivity index (χ4v) is 3.89. The van der Waals surface area contributed by atoms with Crippen molar-refractivity contribution in [2.24, 2.45) is 0 Å². The number of carbonyl (C=O) groups excluding carboxylic acids is 1. The van der Waals surface area contributed by atoms with Gasteiger partial charge in [-0.25, -0.2) is 4.79 Å². The Morgan fingerprint density at radius 3 is 2.52 bits per heavy atom. The molecule has 2 aliphatic rings. The summed E-state index contributed by atoms with van der Waals surface area (Å²) in [5, 5.41) is 16.1. The van der Waals surface area contributed by atoms with Gasteiger partial charge < -0.3 is 15.7 Å². The first-order chi connectivity index (χ1) is 11.1. The van der Waals surface area contributed by atoms with Gasteiger partial charge in [0.15, 0.2) is 0 Å². The Kier molecular flexibility index (Phi) is 5.18. The average molecular weight is 317 g/mol. The number of hydrogen-bond acceptors (Lipinski definition) is 3. The van der Waals surface area contributed by atoms with Crippen LogP contribution in [0.25, 0.3) is 0 Å². The van der Waals surface area contributed by atoms with Crippen LogP contribution in [-0.4, -0.2) is 47.8 Å². The largest absolute Gasteiger partial charge is 0.391 e. The average Bonchev–Trinajstić information content (AvgIpc) is 2.91. The molecular weight excluding hydrogens is 290 g/mol. The van der Waals surface area contributed by atoms with Gasteiger partial charge in [-0.2, -0.15) is 0 Å². The molecule has 2 fully saturated rings. The summed E-state index contributed by atoms with van der Waals surface area (Å²) in [6.45, 7) is 0.969. The maximum Gasteiger partial charge on any atom is 0.315 e. The third-order valence-corrected chi connectivity index (χ3v) is 5.15. The number of aliphatic hydroxyl groups is 1. The van der Waals surface area contributed by atoms with Crippen LogP contribution in [0.4, 0.5) is 4.79 Å². The normalized spacial score (nSPS) is 31.7. The summed E-state index contributed by atoms with van der Waals surface area (Å²) in [6.07, 6.45) is 4.29. The van der Waals surface area contributed by atoms with Crippen molar-refractivity contribution in [3.8, 4) is 0 Å². The fourth-order valence-electron chi connectivity index (χ4n) is 3.89. The quantitative estimate of drug-likeness (QED) is 0.799. The van der Waals surface area contributed by atoms with E-state index in [1.807, 2.05) is 18.2 Å². The maximum atomic E-state index is 12.3. The van der Waals surface area contributed by atoms with E-state index in [4.69, 9.17) is 0 Å². The van der Waals surface area contributed by atoms with Gasteiger partial charge in [-0.05, 0) is 31.9 Å². The van der Waals surface area contributed by atoms with E-state index in [0.717, 1.165) is 38.6 Å². The predicted molar refractivity (Wildman–Crippen MR) is 90.1 cm³/mol. The van der Waals surface area contributed by atoms with Crippen molar-refractivity contribution in [3.63, 3.8) is 0 Å². The fraction of sp³-hybridized carbons (Fsp3) is 0.611. The van der Waals surface area contributed by atoms with Gasteiger partial charge >= 0.3 is 6.03 Å². The summed E-state index contributed by atoms with van der Waals surface area (Å²) >= 11 is 0. The van der Waals surface area contributed by atoms with Crippen molar-refractivity contribution in [1.29, 1.82) is 0 Å². The second kappa shape index (κ2) is 7.32. The van der Waals surface area contributed by atoms with Gasteiger partial charge in [-0.15, -0.1) is 0 Å². The number of aliphatic hydroxyl groups excluding tert-OH is 1. The number of rotatable bonds is 3. The standard InChI is InChI=1S/C18H27N3O2/c1-21-12-11-15(17(21)13-7-3-2-4-8-13)20-18(23)19-14-9-5-6-10-16(14)22/h2-4,7-8,14-17,22H,5-6,9-12H2,1H3,(H2,19,20,23)/t14-,15+,16-,17+/m1/s1. The molecule has 0 aromatic heterocycles. The molecule has 1 heterocycles. The summed E-state index contributed by atoms with van der Waals surface area (Å²) < 4.78 is 0. The van der Waals surface area contributed by atoms with E-state index in [1.54, 1.807) is 0 Å². The zero-order chi connectivity index (χ0) is 16.2. The van der Waals surface area contributed by atoms with Crippen molar-refractivity contribution >= 4 is 6.03 Å². The highest BCUT2D eigenvalue weighted by molar-refractivity contribution is 5.74. The second-order valence-electron chi connectivity index (χ2n) is 6.81. The van der Waals surface area contributed by atoms with Crippen LogP contribution in [0.1, 0.15) is 43.7 Å². The van der Waals surface area contributed by atoms with E-state index in [-0.39, 0.29) is 24.2 Å². The molecule has 5 heteroatoms. The van der Waals surface area contributed by atoms with Crippen molar-refractivity contribution < 1.29 is 9.90 Å². The smallest absolute Gasteiger partial charge is 0.315 e. The van der Waals surface area contributed by atoms with Crippen molar-refractivity contribution in [1.82, 2.24) is 15.5 Å². The molecular formula is C18H27N3O2. The van der Waals surface area contributed by atoms with E-state index in [2.05, 4.69) is 34.7 Å². The van der Waals surface area contributed by atoms with Crippen molar-refractivity contribution in [2.75, 3.05) is 13.6 Å². The van der Waals surface area contributed by atoms with E-state index in [0.29, 0.717) is 0 Å². The summed E-state index contributed by atoms with van der Waals surface area (Å²) in [6, 6.07) is 10.4. The number of carbonyl (C=O) groups is 1. The first-order valence-electron chi connectivity index (χ1n) is 8.65. The monoisotopic (exact) mass is 317 g/mol. The van der Waals surface area contributed by atoms with Crippen molar-refractivity contribution in [3.05, 3.63) is 35.9 Å². The predicted octanol–water partition coefficient (Wildman–Crippen LogP) is 2.03. The molecule has 1 aliphatic carbocycles. The lowest BCUT2D eigenvalue weighted by atomic mass is 9.93. The minimum absolute atomic E-state index is 0.100. The minimum atomic E-state index is -0.411. The molecule has 1 saturated carbocycles. The van der Waals surface area contributed by atoms with Crippen LogP contribution in [0, 0.1) is 0 Å². The van der Waals surface area contributed by atoms with Gasteiger partial charge in [0.25, 0.3) is 0 Å². The number of nitrogens with zero attached hydrogens (tertiary/aromatic N) is 1. The highest BCUT2D eigenvalue weighted by Gasteiger charge is 2.34. The number of hydrogen-bond donors (Lipinski definition) is 3. The molecule has 0 radical (unpaired) electrons. The molecule has 3 rings (SSSR count). The molecule has 5 nitrogen and oxygen atoms in total. The summed E-state index contributed by atoms with van der Waals surface area (Å²) in [5.41, 5.74) is 1.23. The zero-order valence-electron chi connectivity index (χ0n) is 13.7. The zero-order valence-corrected chi connectivity index (χ0v) is 13.7. The molecule has 2 amide bonds. The third-order valence-electron chi connectivity index (χ3n) is 5.15. The van der Waals surface area contributed by atoms with Crippen LogP contribution in [0.5, 0.6) is 0 Å². The molecule has 0 spiro atoms. The molecule has 3 N–H and O–H groups in total. The van der Waals surface area contributed by atoms with Gasteiger partial charge in [0.1, 0.15) is 0 Å². The Morgan fingerprint density at radius 1 is 1.09 bits per heavy atom. The number of likely N-dealkylation sites (tertiary alicyclic amines) is 1. The van der Waals surface area contributed by atoms with Gasteiger partial charge in [0.2, 0.25) is 0 Å². The molecule has 0 bridgehead atoms. The lowest BCUT2D eigenvalue weighted by molar-refractivity contribution is 0.0938. The highest BCUT2D eigenvalue weighted by Crippen LogP contribution is 2.30. The van der Waals surface area contributed by atoms with E-state index in [9.17, 15) is 9.90 Å². The van der Waals surface area contributed by atoms with Crippen LogP contribution in [0.2, 0.25) is 0 Å². The van der Waals surface area contributed by atoms with Crippen LogP contribution in [0.3, 0.4) is 0 Å². The molecule has 1 aromatic rings. The lowest BCUT2D eigenvalue weighted by Gasteiger charge is -2.30. The first-order valence-corrected chi connectivity index (χ1v) is 8.65. The Bertz CT molecular complexity index is 522. The molecule has 1 aliphatic heterocycles. The Balaban J connectivity index is 1.61.